The molecule has 0 aliphatic carbocycles. The fourth-order valence-electron chi connectivity index (χ4n) is 2.81. The van der Waals surface area contributed by atoms with Crippen molar-refractivity contribution in [3.05, 3.63) is 36.2 Å². The second-order valence-electron chi connectivity index (χ2n) is 7.04. The summed E-state index contributed by atoms with van der Waals surface area (Å²) in [6.07, 6.45) is 1.53. The van der Waals surface area contributed by atoms with E-state index >= 15 is 0 Å². The molecule has 0 aliphatic heterocycles. The lowest BCUT2D eigenvalue weighted by molar-refractivity contribution is 0.341. The van der Waals surface area contributed by atoms with Gasteiger partial charge in [-0.2, -0.15) is 10.4 Å². The van der Waals surface area contributed by atoms with Gasteiger partial charge in [-0.25, -0.2) is 14.6 Å². The van der Waals surface area contributed by atoms with Crippen LogP contribution >= 0.6 is 0 Å². The maximum atomic E-state index is 8.74. The summed E-state index contributed by atoms with van der Waals surface area (Å²) < 4.78 is 1.80. The first-order valence-corrected chi connectivity index (χ1v) is 8.56. The summed E-state index contributed by atoms with van der Waals surface area (Å²) >= 11 is 0. The van der Waals surface area contributed by atoms with E-state index in [2.05, 4.69) is 15.0 Å². The predicted octanol–water partition coefficient (Wildman–Crippen LogP) is 2.39. The van der Waals surface area contributed by atoms with E-state index < -0.39 is 5.54 Å². The molecule has 27 heavy (non-hydrogen) atoms. The van der Waals surface area contributed by atoms with E-state index in [1.165, 1.54) is 6.33 Å². The van der Waals surface area contributed by atoms with E-state index in [0.717, 1.165) is 16.8 Å². The minimum atomic E-state index is -0.526. The number of rotatable bonds is 5. The van der Waals surface area contributed by atoms with Crippen LogP contribution in [0.15, 0.2) is 35.6 Å². The first kappa shape index (κ1) is 18.3. The van der Waals surface area contributed by atoms with E-state index in [9.17, 15) is 0 Å². The molecule has 0 aliphatic rings. The van der Waals surface area contributed by atoms with E-state index in [1.807, 2.05) is 51.1 Å². The highest BCUT2D eigenvalue weighted by Gasteiger charge is 2.27. The van der Waals surface area contributed by atoms with Gasteiger partial charge in [0.25, 0.3) is 0 Å². The van der Waals surface area contributed by atoms with E-state index in [4.69, 9.17) is 21.8 Å². The average molecular weight is 362 g/mol. The van der Waals surface area contributed by atoms with Crippen LogP contribution in [-0.2, 0) is 5.54 Å². The number of hydrogen-bond acceptors (Lipinski definition) is 6. The van der Waals surface area contributed by atoms with Crippen molar-refractivity contribution < 1.29 is 0 Å². The van der Waals surface area contributed by atoms with Gasteiger partial charge >= 0.3 is 0 Å². The number of nitrogen functional groups attached to an aromatic ring is 1. The minimum Gasteiger partial charge on any atom is -0.387 e. The van der Waals surface area contributed by atoms with Crippen molar-refractivity contribution in [1.29, 1.82) is 5.26 Å². The Morgan fingerprint density at radius 1 is 1.26 bits per heavy atom. The summed E-state index contributed by atoms with van der Waals surface area (Å²) in [4.78, 5) is 12.9. The third-order valence-corrected chi connectivity index (χ3v) is 4.32. The Balaban J connectivity index is 2.14. The van der Waals surface area contributed by atoms with Crippen LogP contribution in [0, 0.1) is 18.3 Å². The highest BCUT2D eigenvalue weighted by molar-refractivity contribution is 5.98. The van der Waals surface area contributed by atoms with Crippen LogP contribution in [-0.4, -0.2) is 32.1 Å². The third-order valence-electron chi connectivity index (χ3n) is 4.32. The van der Waals surface area contributed by atoms with Gasteiger partial charge in [0.1, 0.15) is 23.7 Å². The van der Waals surface area contributed by atoms with Gasteiger partial charge in [-0.3, -0.25) is 4.99 Å². The van der Waals surface area contributed by atoms with Crippen molar-refractivity contribution >= 4 is 22.7 Å². The lowest BCUT2D eigenvalue weighted by Gasteiger charge is -2.23. The molecule has 0 fully saturated rings. The number of anilines is 1. The van der Waals surface area contributed by atoms with Gasteiger partial charge in [-0.1, -0.05) is 29.8 Å². The summed E-state index contributed by atoms with van der Waals surface area (Å²) in [5.74, 6) is 0.681. The second-order valence-corrected chi connectivity index (χ2v) is 7.04. The third kappa shape index (κ3) is 3.58. The highest BCUT2D eigenvalue weighted by atomic mass is 15.4. The number of aryl methyl sites for hydroxylation is 1. The Bertz CT molecular complexity index is 1040. The van der Waals surface area contributed by atoms with Crippen LogP contribution < -0.4 is 11.5 Å². The molecule has 4 N–H and O–H groups in total. The average Bonchev–Trinajstić information content (AvgIpc) is 3.03. The molecule has 8 nitrogen and oxygen atoms in total. The zero-order chi connectivity index (χ0) is 19.6. The van der Waals surface area contributed by atoms with E-state index in [-0.39, 0.29) is 6.42 Å². The van der Waals surface area contributed by atoms with Crippen molar-refractivity contribution in [1.82, 2.24) is 19.7 Å². The molecule has 3 aromatic rings. The quantitative estimate of drug-likeness (QED) is 0.529. The monoisotopic (exact) mass is 362 g/mol. The molecule has 0 radical (unpaired) electrons. The van der Waals surface area contributed by atoms with Gasteiger partial charge in [0, 0.05) is 5.56 Å². The number of aliphatic imine (C=N–C) groups is 1. The number of benzene rings is 1. The van der Waals surface area contributed by atoms with Crippen molar-refractivity contribution in [3.8, 4) is 17.3 Å². The van der Waals surface area contributed by atoms with Crippen LogP contribution in [0.1, 0.15) is 25.8 Å². The van der Waals surface area contributed by atoms with Crippen molar-refractivity contribution in [3.63, 3.8) is 0 Å². The fraction of sp³-hybridized carbons (Fsp3) is 0.316. The highest BCUT2D eigenvalue weighted by Crippen LogP contribution is 2.33. The molecule has 0 unspecified atom stereocenters. The zero-order valence-corrected chi connectivity index (χ0v) is 15.6. The maximum Gasteiger partial charge on any atom is 0.164 e. The zero-order valence-electron chi connectivity index (χ0n) is 15.6. The van der Waals surface area contributed by atoms with Crippen LogP contribution in [0.4, 0.5) is 5.82 Å². The molecule has 0 saturated carbocycles. The molecular weight excluding hydrogens is 340 g/mol. The van der Waals surface area contributed by atoms with Crippen LogP contribution in [0.3, 0.4) is 0 Å². The molecule has 0 atom stereocenters. The number of fused-ring (bicyclic) bond motifs is 1. The molecule has 8 heteroatoms. The van der Waals surface area contributed by atoms with Crippen LogP contribution in [0.5, 0.6) is 0 Å². The van der Waals surface area contributed by atoms with E-state index in [1.54, 1.807) is 4.68 Å². The lowest BCUT2D eigenvalue weighted by Crippen LogP contribution is -2.32. The van der Waals surface area contributed by atoms with Crippen LogP contribution in [0.25, 0.3) is 22.3 Å². The molecule has 0 amide bonds. The molecule has 0 saturated heterocycles. The first-order valence-electron chi connectivity index (χ1n) is 8.56. The van der Waals surface area contributed by atoms with Crippen molar-refractivity contribution in [2.24, 2.45) is 10.7 Å². The molecule has 3 rings (SSSR count). The molecule has 138 valence electrons. The summed E-state index contributed by atoms with van der Waals surface area (Å²) in [5.41, 5.74) is 14.9. The van der Waals surface area contributed by atoms with Crippen molar-refractivity contribution in [2.75, 3.05) is 12.3 Å². The topological polar surface area (TPSA) is 132 Å². The number of nitriles is 1. The van der Waals surface area contributed by atoms with E-state index in [0.29, 0.717) is 29.2 Å². The first-order chi connectivity index (χ1) is 12.8. The number of nitrogens with two attached hydrogens (primary N) is 2. The standard InChI is InChI=1S/C19H22N8/c1-12-4-6-13(7-5-12)16-15-17(22)24-11-25-18(15)27(26-16)19(2,3)10-23-14(21)8-9-20/h4-7,11H,8,10H2,1-3H3,(H2,21,23)(H2,22,24,25). The SMILES string of the molecule is Cc1ccc(-c2nn(C(C)(C)CN=C(N)CC#N)c3ncnc(N)c23)cc1. The number of nitrogens with zero attached hydrogens (tertiary/aromatic N) is 6. The van der Waals surface area contributed by atoms with Gasteiger partial charge in [-0.05, 0) is 20.8 Å². The largest absolute Gasteiger partial charge is 0.387 e. The number of aromatic nitrogens is 4. The second kappa shape index (κ2) is 7.03. The van der Waals surface area contributed by atoms with Crippen LogP contribution in [0.2, 0.25) is 0 Å². The summed E-state index contributed by atoms with van der Waals surface area (Å²) in [6.45, 7) is 6.36. The Hall–Kier alpha value is -3.47. The maximum absolute atomic E-state index is 8.74. The molecule has 1 aromatic carbocycles. The normalized spacial score (nSPS) is 12.3. The summed E-state index contributed by atoms with van der Waals surface area (Å²) in [6, 6.07) is 10.1. The smallest absolute Gasteiger partial charge is 0.164 e. The molecule has 2 aromatic heterocycles. The number of hydrogen-bond donors (Lipinski definition) is 2. The Morgan fingerprint density at radius 3 is 2.63 bits per heavy atom. The van der Waals surface area contributed by atoms with Gasteiger partial charge in [0.05, 0.1) is 30.0 Å². The van der Waals surface area contributed by atoms with Gasteiger partial charge < -0.3 is 11.5 Å². The van der Waals surface area contributed by atoms with Gasteiger partial charge in [0.2, 0.25) is 0 Å². The summed E-state index contributed by atoms with van der Waals surface area (Å²) in [7, 11) is 0. The molecule has 0 spiro atoms. The Labute approximate surface area is 157 Å². The van der Waals surface area contributed by atoms with Gasteiger partial charge in [0.15, 0.2) is 5.65 Å². The summed E-state index contributed by atoms with van der Waals surface area (Å²) in [5, 5.41) is 14.3. The number of amidine groups is 1. The Kier molecular flexibility index (Phi) is 4.77. The van der Waals surface area contributed by atoms with Gasteiger partial charge in [-0.15, -0.1) is 0 Å². The Morgan fingerprint density at radius 2 is 1.96 bits per heavy atom. The lowest BCUT2D eigenvalue weighted by atomic mass is 10.1. The fourth-order valence-corrected chi connectivity index (χ4v) is 2.81. The minimum absolute atomic E-state index is 0.0969. The predicted molar refractivity (Wildman–Crippen MR) is 106 cm³/mol. The molecular formula is C19H22N8. The molecule has 2 heterocycles. The molecule has 0 bridgehead atoms. The van der Waals surface area contributed by atoms with Crippen molar-refractivity contribution in [2.45, 2.75) is 32.7 Å².